The molecule has 1 fully saturated rings. The highest BCUT2D eigenvalue weighted by atomic mass is 32.2. The van der Waals surface area contributed by atoms with E-state index >= 15 is 0 Å². The van der Waals surface area contributed by atoms with Gasteiger partial charge in [0.1, 0.15) is 4.90 Å². The SMILES string of the molecule is CCNc1ccc([N+](=O)[O-])cc1S(=O)(=O)N(C)CC1CC1. The molecule has 116 valence electrons. The number of hydrogen-bond donors (Lipinski definition) is 1. The summed E-state index contributed by atoms with van der Waals surface area (Å²) < 4.78 is 26.5. The Balaban J connectivity index is 2.42. The third-order valence-corrected chi connectivity index (χ3v) is 5.31. The second-order valence-electron chi connectivity index (χ2n) is 5.20. The van der Waals surface area contributed by atoms with Gasteiger partial charge in [0.25, 0.3) is 5.69 Å². The normalized spacial score (nSPS) is 15.2. The Kier molecular flexibility index (Phi) is 4.48. The van der Waals surface area contributed by atoms with Crippen molar-refractivity contribution in [2.75, 3.05) is 25.5 Å². The smallest absolute Gasteiger partial charge is 0.270 e. The summed E-state index contributed by atoms with van der Waals surface area (Å²) in [5, 5.41) is 13.8. The van der Waals surface area contributed by atoms with E-state index in [1.807, 2.05) is 6.92 Å². The molecule has 2 rings (SSSR count). The van der Waals surface area contributed by atoms with Crippen molar-refractivity contribution in [1.29, 1.82) is 0 Å². The van der Waals surface area contributed by atoms with Crippen LogP contribution < -0.4 is 5.32 Å². The molecule has 0 bridgehead atoms. The van der Waals surface area contributed by atoms with Crippen LogP contribution in [0.1, 0.15) is 19.8 Å². The van der Waals surface area contributed by atoms with Crippen molar-refractivity contribution in [3.63, 3.8) is 0 Å². The molecule has 0 atom stereocenters. The molecular formula is C13H19N3O4S. The van der Waals surface area contributed by atoms with E-state index in [2.05, 4.69) is 5.32 Å². The van der Waals surface area contributed by atoms with Gasteiger partial charge >= 0.3 is 0 Å². The Morgan fingerprint density at radius 3 is 2.62 bits per heavy atom. The lowest BCUT2D eigenvalue weighted by atomic mass is 10.3. The van der Waals surface area contributed by atoms with Crippen molar-refractivity contribution in [2.24, 2.45) is 5.92 Å². The van der Waals surface area contributed by atoms with Gasteiger partial charge in [-0.15, -0.1) is 0 Å². The Morgan fingerprint density at radius 1 is 1.43 bits per heavy atom. The summed E-state index contributed by atoms with van der Waals surface area (Å²) in [6.07, 6.45) is 2.07. The molecule has 0 spiro atoms. The molecule has 0 radical (unpaired) electrons. The lowest BCUT2D eigenvalue weighted by Gasteiger charge is -2.19. The molecule has 0 aromatic heterocycles. The lowest BCUT2D eigenvalue weighted by Crippen LogP contribution is -2.29. The summed E-state index contributed by atoms with van der Waals surface area (Å²) in [4.78, 5) is 10.3. The Hall–Kier alpha value is -1.67. The molecule has 0 heterocycles. The first kappa shape index (κ1) is 15.7. The van der Waals surface area contributed by atoms with E-state index in [0.29, 0.717) is 24.7 Å². The summed E-state index contributed by atoms with van der Waals surface area (Å²) in [5.74, 6) is 0.408. The molecule has 1 aromatic carbocycles. The van der Waals surface area contributed by atoms with Crippen LogP contribution in [-0.2, 0) is 10.0 Å². The number of nitro groups is 1. The van der Waals surface area contributed by atoms with Gasteiger partial charge in [-0.2, -0.15) is 0 Å². The fraction of sp³-hybridized carbons (Fsp3) is 0.538. The van der Waals surface area contributed by atoms with Crippen molar-refractivity contribution in [1.82, 2.24) is 4.31 Å². The predicted octanol–water partition coefficient (Wildman–Crippen LogP) is 2.06. The van der Waals surface area contributed by atoms with E-state index in [0.717, 1.165) is 18.9 Å². The van der Waals surface area contributed by atoms with Gasteiger partial charge in [0, 0.05) is 32.3 Å². The average Bonchev–Trinajstić information content (AvgIpc) is 3.23. The largest absolute Gasteiger partial charge is 0.384 e. The highest BCUT2D eigenvalue weighted by Crippen LogP contribution is 2.33. The van der Waals surface area contributed by atoms with Crippen LogP contribution in [0.15, 0.2) is 23.1 Å². The molecule has 1 aliphatic carbocycles. The van der Waals surface area contributed by atoms with Gasteiger partial charge in [-0.1, -0.05) is 0 Å². The third-order valence-electron chi connectivity index (χ3n) is 3.44. The van der Waals surface area contributed by atoms with Gasteiger partial charge in [-0.05, 0) is 31.7 Å². The molecule has 8 heteroatoms. The van der Waals surface area contributed by atoms with Crippen molar-refractivity contribution < 1.29 is 13.3 Å². The molecule has 1 N–H and O–H groups in total. The molecular weight excluding hydrogens is 294 g/mol. The zero-order valence-corrected chi connectivity index (χ0v) is 12.9. The van der Waals surface area contributed by atoms with Crippen LogP contribution in [0.3, 0.4) is 0 Å². The summed E-state index contributed by atoms with van der Waals surface area (Å²) in [6, 6.07) is 3.87. The fourth-order valence-electron chi connectivity index (χ4n) is 2.10. The van der Waals surface area contributed by atoms with Crippen molar-refractivity contribution in [3.8, 4) is 0 Å². The zero-order chi connectivity index (χ0) is 15.6. The van der Waals surface area contributed by atoms with Gasteiger partial charge in [-0.25, -0.2) is 12.7 Å². The van der Waals surface area contributed by atoms with Crippen LogP contribution in [0.25, 0.3) is 0 Å². The van der Waals surface area contributed by atoms with E-state index in [9.17, 15) is 18.5 Å². The maximum Gasteiger partial charge on any atom is 0.270 e. The van der Waals surface area contributed by atoms with Gasteiger partial charge < -0.3 is 5.32 Å². The number of hydrogen-bond acceptors (Lipinski definition) is 5. The number of anilines is 1. The summed E-state index contributed by atoms with van der Waals surface area (Å²) in [6.45, 7) is 2.83. The Morgan fingerprint density at radius 2 is 2.10 bits per heavy atom. The highest BCUT2D eigenvalue weighted by Gasteiger charge is 2.31. The number of rotatable bonds is 7. The number of sulfonamides is 1. The number of nitrogens with zero attached hydrogens (tertiary/aromatic N) is 2. The van der Waals surface area contributed by atoms with Crippen LogP contribution in [0, 0.1) is 16.0 Å². The first-order valence-corrected chi connectivity index (χ1v) is 8.29. The molecule has 0 unspecified atom stereocenters. The second kappa shape index (κ2) is 5.98. The third kappa shape index (κ3) is 3.51. The number of benzene rings is 1. The van der Waals surface area contributed by atoms with Gasteiger partial charge in [0.2, 0.25) is 10.0 Å². The van der Waals surface area contributed by atoms with E-state index in [-0.39, 0.29) is 10.6 Å². The Labute approximate surface area is 124 Å². The molecule has 0 amide bonds. The molecule has 0 aliphatic heterocycles. The van der Waals surface area contributed by atoms with Gasteiger partial charge in [0.15, 0.2) is 0 Å². The van der Waals surface area contributed by atoms with E-state index in [1.165, 1.54) is 23.5 Å². The zero-order valence-electron chi connectivity index (χ0n) is 12.1. The quantitative estimate of drug-likeness (QED) is 0.614. The maximum atomic E-state index is 12.6. The van der Waals surface area contributed by atoms with Gasteiger partial charge in [-0.3, -0.25) is 10.1 Å². The molecule has 1 saturated carbocycles. The first-order chi connectivity index (χ1) is 9.86. The maximum absolute atomic E-state index is 12.6. The minimum Gasteiger partial charge on any atom is -0.384 e. The molecule has 1 aromatic rings. The lowest BCUT2D eigenvalue weighted by molar-refractivity contribution is -0.385. The van der Waals surface area contributed by atoms with Crippen molar-refractivity contribution >= 4 is 21.4 Å². The highest BCUT2D eigenvalue weighted by molar-refractivity contribution is 7.89. The monoisotopic (exact) mass is 313 g/mol. The summed E-state index contributed by atoms with van der Waals surface area (Å²) in [7, 11) is -2.22. The number of nitrogens with one attached hydrogen (secondary N) is 1. The fourth-order valence-corrected chi connectivity index (χ4v) is 3.54. The average molecular weight is 313 g/mol. The molecule has 7 nitrogen and oxygen atoms in total. The number of nitro benzene ring substituents is 1. The van der Waals surface area contributed by atoms with Gasteiger partial charge in [0.05, 0.1) is 10.6 Å². The molecule has 21 heavy (non-hydrogen) atoms. The second-order valence-corrected chi connectivity index (χ2v) is 7.21. The van der Waals surface area contributed by atoms with Crippen molar-refractivity contribution in [2.45, 2.75) is 24.7 Å². The Bertz CT molecular complexity index is 641. The minimum atomic E-state index is -3.74. The number of non-ortho nitro benzene ring substituents is 1. The molecule has 1 aliphatic rings. The van der Waals surface area contributed by atoms with Crippen LogP contribution in [-0.4, -0.2) is 37.8 Å². The predicted molar refractivity (Wildman–Crippen MR) is 79.8 cm³/mol. The van der Waals surface area contributed by atoms with Crippen LogP contribution >= 0.6 is 0 Å². The first-order valence-electron chi connectivity index (χ1n) is 6.85. The van der Waals surface area contributed by atoms with E-state index in [1.54, 1.807) is 0 Å². The standard InChI is InChI=1S/C13H19N3O4S/c1-3-14-12-7-6-11(16(17)18)8-13(12)21(19,20)15(2)9-10-4-5-10/h6-8,10,14H,3-5,9H2,1-2H3. The summed E-state index contributed by atoms with van der Waals surface area (Å²) >= 11 is 0. The van der Waals surface area contributed by atoms with E-state index < -0.39 is 14.9 Å². The topological polar surface area (TPSA) is 92.5 Å². The van der Waals surface area contributed by atoms with E-state index in [4.69, 9.17) is 0 Å². The van der Waals surface area contributed by atoms with Crippen LogP contribution in [0.5, 0.6) is 0 Å². The molecule has 0 saturated heterocycles. The van der Waals surface area contributed by atoms with Crippen LogP contribution in [0.4, 0.5) is 11.4 Å². The van der Waals surface area contributed by atoms with Crippen molar-refractivity contribution in [3.05, 3.63) is 28.3 Å². The summed E-state index contributed by atoms with van der Waals surface area (Å²) in [5.41, 5.74) is 0.167. The minimum absolute atomic E-state index is 0.0401. The van der Waals surface area contributed by atoms with Crippen LogP contribution in [0.2, 0.25) is 0 Å².